The first kappa shape index (κ1) is 13.2. The van der Waals surface area contributed by atoms with Crippen LogP contribution in [0.15, 0.2) is 24.8 Å². The first-order valence-electron chi connectivity index (χ1n) is 7.14. The fraction of sp³-hybridized carbons (Fsp3) is 0.500. The topological polar surface area (TPSA) is 39.8 Å². The number of aromatic nitrogens is 3. The minimum atomic E-state index is 0.0711. The van der Waals surface area contributed by atoms with Gasteiger partial charge < -0.3 is 9.13 Å². The molecule has 2 heterocycles. The van der Waals surface area contributed by atoms with Crippen molar-refractivity contribution in [3.8, 4) is 0 Å². The van der Waals surface area contributed by atoms with Gasteiger partial charge in [0.05, 0.1) is 6.33 Å². The van der Waals surface area contributed by atoms with Crippen LogP contribution in [-0.2, 0) is 19.5 Å². The smallest absolute Gasteiger partial charge is 0.165 e. The lowest BCUT2D eigenvalue weighted by molar-refractivity contribution is 0.0910. The van der Waals surface area contributed by atoms with Crippen molar-refractivity contribution < 1.29 is 4.79 Å². The molecule has 2 aromatic heterocycles. The third-order valence-corrected chi connectivity index (χ3v) is 4.14. The summed E-state index contributed by atoms with van der Waals surface area (Å²) < 4.78 is 4.37. The van der Waals surface area contributed by atoms with Crippen LogP contribution < -0.4 is 0 Å². The van der Waals surface area contributed by atoms with E-state index in [0.717, 1.165) is 25.1 Å². The van der Waals surface area contributed by atoms with Crippen LogP contribution in [0.3, 0.4) is 0 Å². The second kappa shape index (κ2) is 4.62. The molecule has 0 saturated carbocycles. The standard InChI is InChI=1S/C16H21N3O/c1-12-8-13-14(9-16(2,3)10-15(13)20)19(12)7-6-18-5-4-17-11-18/h4-5,8,11H,6-7,9-10H2,1-3H3. The van der Waals surface area contributed by atoms with Gasteiger partial charge in [0.25, 0.3) is 0 Å². The Morgan fingerprint density at radius 3 is 2.80 bits per heavy atom. The van der Waals surface area contributed by atoms with Gasteiger partial charge in [-0.3, -0.25) is 4.79 Å². The Labute approximate surface area is 119 Å². The molecule has 0 amide bonds. The highest BCUT2D eigenvalue weighted by Gasteiger charge is 2.33. The highest BCUT2D eigenvalue weighted by Crippen LogP contribution is 2.36. The fourth-order valence-corrected chi connectivity index (χ4v) is 3.15. The van der Waals surface area contributed by atoms with Gasteiger partial charge in [0.1, 0.15) is 0 Å². The summed E-state index contributed by atoms with van der Waals surface area (Å²) in [4.78, 5) is 16.3. The van der Waals surface area contributed by atoms with Crippen molar-refractivity contribution in [1.29, 1.82) is 0 Å². The Balaban J connectivity index is 1.90. The van der Waals surface area contributed by atoms with Crippen molar-refractivity contribution in [2.24, 2.45) is 5.41 Å². The summed E-state index contributed by atoms with van der Waals surface area (Å²) in [7, 11) is 0. The lowest BCUT2D eigenvalue weighted by atomic mass is 9.76. The summed E-state index contributed by atoms with van der Waals surface area (Å²) in [5, 5.41) is 0. The Kier molecular flexibility index (Phi) is 3.04. The number of hydrogen-bond donors (Lipinski definition) is 0. The zero-order chi connectivity index (χ0) is 14.3. The van der Waals surface area contributed by atoms with E-state index in [4.69, 9.17) is 0 Å². The minimum Gasteiger partial charge on any atom is -0.346 e. The fourth-order valence-electron chi connectivity index (χ4n) is 3.15. The third-order valence-electron chi connectivity index (χ3n) is 4.14. The average Bonchev–Trinajstić information content (AvgIpc) is 2.94. The first-order chi connectivity index (χ1) is 9.46. The summed E-state index contributed by atoms with van der Waals surface area (Å²) in [6.07, 6.45) is 7.24. The van der Waals surface area contributed by atoms with E-state index in [1.165, 1.54) is 11.4 Å². The molecule has 0 spiro atoms. The molecule has 0 radical (unpaired) electrons. The summed E-state index contributed by atoms with van der Waals surface area (Å²) in [5.74, 6) is 0.292. The molecule has 20 heavy (non-hydrogen) atoms. The lowest BCUT2D eigenvalue weighted by Gasteiger charge is -2.30. The van der Waals surface area contributed by atoms with Crippen molar-refractivity contribution in [1.82, 2.24) is 14.1 Å². The van der Waals surface area contributed by atoms with Crippen LogP contribution in [0.25, 0.3) is 0 Å². The number of imidazole rings is 1. The Hall–Kier alpha value is -1.84. The quantitative estimate of drug-likeness (QED) is 0.861. The van der Waals surface area contributed by atoms with Gasteiger partial charge >= 0.3 is 0 Å². The van der Waals surface area contributed by atoms with Gasteiger partial charge in [-0.05, 0) is 24.8 Å². The molecule has 0 saturated heterocycles. The maximum Gasteiger partial charge on any atom is 0.165 e. The number of rotatable bonds is 3. The average molecular weight is 271 g/mol. The zero-order valence-corrected chi connectivity index (χ0v) is 12.4. The molecule has 0 aromatic carbocycles. The molecule has 0 bridgehead atoms. The van der Waals surface area contributed by atoms with Crippen molar-refractivity contribution in [3.05, 3.63) is 41.7 Å². The normalized spacial score (nSPS) is 17.2. The molecular weight excluding hydrogens is 250 g/mol. The van der Waals surface area contributed by atoms with Crippen molar-refractivity contribution in [2.45, 2.75) is 46.7 Å². The summed E-state index contributed by atoms with van der Waals surface area (Å²) in [6.45, 7) is 8.22. The van der Waals surface area contributed by atoms with Gasteiger partial charge in [-0.1, -0.05) is 13.8 Å². The van der Waals surface area contributed by atoms with E-state index in [2.05, 4.69) is 41.0 Å². The molecule has 0 atom stereocenters. The lowest BCUT2D eigenvalue weighted by Crippen LogP contribution is -2.28. The first-order valence-corrected chi connectivity index (χ1v) is 7.14. The number of hydrogen-bond acceptors (Lipinski definition) is 2. The van der Waals surface area contributed by atoms with Crippen molar-refractivity contribution >= 4 is 5.78 Å². The molecule has 1 aliphatic carbocycles. The molecule has 4 heteroatoms. The van der Waals surface area contributed by atoms with Gasteiger partial charge in [0, 0.05) is 48.9 Å². The molecule has 106 valence electrons. The van der Waals surface area contributed by atoms with Crippen LogP contribution in [0.5, 0.6) is 0 Å². The molecule has 3 rings (SSSR count). The van der Waals surface area contributed by atoms with Crippen molar-refractivity contribution in [2.75, 3.05) is 0 Å². The molecule has 2 aromatic rings. The monoisotopic (exact) mass is 271 g/mol. The van der Waals surface area contributed by atoms with Crippen LogP contribution >= 0.6 is 0 Å². The predicted molar refractivity (Wildman–Crippen MR) is 77.8 cm³/mol. The van der Waals surface area contributed by atoms with E-state index < -0.39 is 0 Å². The molecule has 0 unspecified atom stereocenters. The third kappa shape index (κ3) is 2.30. The number of nitrogens with zero attached hydrogens (tertiary/aromatic N) is 3. The van der Waals surface area contributed by atoms with Gasteiger partial charge in [0.15, 0.2) is 5.78 Å². The number of carbonyl (C=O) groups excluding carboxylic acids is 1. The number of fused-ring (bicyclic) bond motifs is 1. The molecule has 4 nitrogen and oxygen atoms in total. The van der Waals surface area contributed by atoms with Crippen LogP contribution in [-0.4, -0.2) is 19.9 Å². The molecule has 0 aliphatic heterocycles. The van der Waals surface area contributed by atoms with E-state index in [1.807, 2.05) is 12.5 Å². The van der Waals surface area contributed by atoms with E-state index in [9.17, 15) is 4.79 Å². The van der Waals surface area contributed by atoms with Crippen LogP contribution in [0.4, 0.5) is 0 Å². The zero-order valence-electron chi connectivity index (χ0n) is 12.4. The number of carbonyl (C=O) groups is 1. The van der Waals surface area contributed by atoms with E-state index in [1.54, 1.807) is 6.20 Å². The number of ketones is 1. The molecular formula is C16H21N3O. The van der Waals surface area contributed by atoms with Crippen LogP contribution in [0.2, 0.25) is 0 Å². The highest BCUT2D eigenvalue weighted by atomic mass is 16.1. The molecule has 0 fully saturated rings. The number of Topliss-reactive ketones (excluding diaryl/α,β-unsaturated/α-hetero) is 1. The second-order valence-electron chi connectivity index (χ2n) is 6.54. The van der Waals surface area contributed by atoms with Gasteiger partial charge in [0.2, 0.25) is 0 Å². The van der Waals surface area contributed by atoms with Crippen LogP contribution in [0, 0.1) is 12.3 Å². The van der Waals surface area contributed by atoms with Crippen LogP contribution in [0.1, 0.15) is 42.0 Å². The maximum absolute atomic E-state index is 12.3. The van der Waals surface area contributed by atoms with Gasteiger partial charge in [-0.25, -0.2) is 4.98 Å². The summed E-state index contributed by atoms with van der Waals surface area (Å²) >= 11 is 0. The largest absolute Gasteiger partial charge is 0.346 e. The number of aryl methyl sites for hydroxylation is 2. The Morgan fingerprint density at radius 1 is 1.30 bits per heavy atom. The van der Waals surface area contributed by atoms with E-state index >= 15 is 0 Å². The molecule has 0 N–H and O–H groups in total. The maximum atomic E-state index is 12.3. The summed E-state index contributed by atoms with van der Waals surface area (Å²) in [6, 6.07) is 2.06. The van der Waals surface area contributed by atoms with E-state index in [-0.39, 0.29) is 5.41 Å². The van der Waals surface area contributed by atoms with Crippen molar-refractivity contribution in [3.63, 3.8) is 0 Å². The SMILES string of the molecule is Cc1cc2c(n1CCn1ccnc1)CC(C)(C)CC2=O. The van der Waals surface area contributed by atoms with Gasteiger partial charge in [-0.2, -0.15) is 0 Å². The summed E-state index contributed by atoms with van der Waals surface area (Å²) in [5.41, 5.74) is 3.40. The minimum absolute atomic E-state index is 0.0711. The Morgan fingerprint density at radius 2 is 2.10 bits per heavy atom. The molecule has 1 aliphatic rings. The highest BCUT2D eigenvalue weighted by molar-refractivity contribution is 5.99. The second-order valence-corrected chi connectivity index (χ2v) is 6.54. The van der Waals surface area contributed by atoms with E-state index in [0.29, 0.717) is 12.2 Å². The Bertz CT molecular complexity index is 635. The van der Waals surface area contributed by atoms with Gasteiger partial charge in [-0.15, -0.1) is 0 Å². The predicted octanol–water partition coefficient (Wildman–Crippen LogP) is 2.85.